The largest absolute Gasteiger partial charge is 0.493 e. The predicted molar refractivity (Wildman–Crippen MR) is 130 cm³/mol. The number of rotatable bonds is 14. The third-order valence-corrected chi connectivity index (χ3v) is 5.01. The van der Waals surface area contributed by atoms with Crippen molar-refractivity contribution in [2.75, 3.05) is 26.9 Å². The summed E-state index contributed by atoms with van der Waals surface area (Å²) in [5.74, 6) is 1.99. The van der Waals surface area contributed by atoms with Gasteiger partial charge in [0.1, 0.15) is 25.2 Å². The van der Waals surface area contributed by atoms with Gasteiger partial charge in [-0.2, -0.15) is 13.2 Å². The van der Waals surface area contributed by atoms with Crippen molar-refractivity contribution >= 4 is 5.71 Å². The van der Waals surface area contributed by atoms with Gasteiger partial charge in [-0.3, -0.25) is 0 Å². The van der Waals surface area contributed by atoms with Crippen molar-refractivity contribution in [1.29, 1.82) is 0 Å². The molecule has 0 radical (unpaired) electrons. The average molecular weight is 495 g/mol. The highest BCUT2D eigenvalue weighted by Crippen LogP contribution is 2.29. The van der Waals surface area contributed by atoms with E-state index in [1.807, 2.05) is 45.1 Å². The molecule has 6 nitrogen and oxygen atoms in total. The molecule has 0 aliphatic heterocycles. The Kier molecular flexibility index (Phi) is 11.4. The number of alkyl halides is 3. The first-order chi connectivity index (χ1) is 16.8. The smallest absolute Gasteiger partial charge is 0.437 e. The zero-order valence-corrected chi connectivity index (χ0v) is 20.7. The standard InChI is InChI=1S/C26H33F3N2O4/c1-5-6-13-33-22-16-19(2)24(20(3)17-22)35-15-10-8-7-9-14-34-23-12-11-21(18-30-23)25(31-32-4)26(27,28)29/h5-6,11-12,16-18H,7-10,13-15H2,1-4H3/b6-5+,31-25-. The van der Waals surface area contributed by atoms with Crippen LogP contribution in [0.1, 0.15) is 49.3 Å². The monoisotopic (exact) mass is 494 g/mol. The van der Waals surface area contributed by atoms with Crippen molar-refractivity contribution in [2.24, 2.45) is 5.16 Å². The molecule has 2 aromatic rings. The van der Waals surface area contributed by atoms with Gasteiger partial charge in [-0.05, 0) is 75.8 Å². The van der Waals surface area contributed by atoms with Gasteiger partial charge in [0.2, 0.25) is 5.88 Å². The lowest BCUT2D eigenvalue weighted by Crippen LogP contribution is -2.24. The van der Waals surface area contributed by atoms with Crippen molar-refractivity contribution < 1.29 is 32.2 Å². The minimum absolute atomic E-state index is 0.187. The Labute approximate surface area is 204 Å². The molecule has 192 valence electrons. The minimum atomic E-state index is -4.63. The van der Waals surface area contributed by atoms with E-state index < -0.39 is 11.9 Å². The number of hydrogen-bond donors (Lipinski definition) is 0. The number of allylic oxidation sites excluding steroid dienone is 1. The highest BCUT2D eigenvalue weighted by atomic mass is 19.4. The molecular weight excluding hydrogens is 461 g/mol. The Morgan fingerprint density at radius 2 is 1.63 bits per heavy atom. The van der Waals surface area contributed by atoms with Crippen LogP contribution in [0, 0.1) is 13.8 Å². The molecule has 0 N–H and O–H groups in total. The number of unbranched alkanes of at least 4 members (excludes halogenated alkanes) is 3. The fourth-order valence-corrected chi connectivity index (χ4v) is 3.34. The first-order valence-corrected chi connectivity index (χ1v) is 11.5. The Hall–Kier alpha value is -3.23. The van der Waals surface area contributed by atoms with Gasteiger partial charge in [-0.25, -0.2) is 4.98 Å². The molecule has 1 heterocycles. The van der Waals surface area contributed by atoms with Crippen molar-refractivity contribution in [1.82, 2.24) is 4.98 Å². The highest BCUT2D eigenvalue weighted by Gasteiger charge is 2.38. The molecule has 35 heavy (non-hydrogen) atoms. The van der Waals surface area contributed by atoms with Crippen LogP contribution in [0.5, 0.6) is 17.4 Å². The van der Waals surface area contributed by atoms with Crippen molar-refractivity contribution in [3.8, 4) is 17.4 Å². The topological polar surface area (TPSA) is 62.2 Å². The van der Waals surface area contributed by atoms with Crippen molar-refractivity contribution in [3.63, 3.8) is 0 Å². The Morgan fingerprint density at radius 1 is 0.971 bits per heavy atom. The second-order valence-corrected chi connectivity index (χ2v) is 7.88. The number of aromatic nitrogens is 1. The summed E-state index contributed by atoms with van der Waals surface area (Å²) in [7, 11) is 1.06. The molecular formula is C26H33F3N2O4. The van der Waals surface area contributed by atoms with E-state index in [1.54, 1.807) is 0 Å². The number of hydrogen-bond acceptors (Lipinski definition) is 6. The van der Waals surface area contributed by atoms with Crippen LogP contribution in [0.25, 0.3) is 0 Å². The number of halogens is 3. The minimum Gasteiger partial charge on any atom is -0.493 e. The molecule has 0 saturated heterocycles. The van der Waals surface area contributed by atoms with Gasteiger partial charge in [-0.1, -0.05) is 17.3 Å². The lowest BCUT2D eigenvalue weighted by atomic mass is 10.1. The molecule has 2 rings (SSSR count). The van der Waals surface area contributed by atoms with Crippen LogP contribution in [-0.2, 0) is 4.84 Å². The van der Waals surface area contributed by atoms with Crippen LogP contribution in [0.15, 0.2) is 47.8 Å². The van der Waals surface area contributed by atoms with Crippen molar-refractivity contribution in [2.45, 2.75) is 52.6 Å². The van der Waals surface area contributed by atoms with E-state index in [9.17, 15) is 13.2 Å². The molecule has 1 aromatic heterocycles. The summed E-state index contributed by atoms with van der Waals surface area (Å²) in [4.78, 5) is 8.21. The Morgan fingerprint density at radius 3 is 2.17 bits per heavy atom. The van der Waals surface area contributed by atoms with E-state index in [0.29, 0.717) is 19.8 Å². The van der Waals surface area contributed by atoms with E-state index in [2.05, 4.69) is 15.0 Å². The molecule has 1 aromatic carbocycles. The van der Waals surface area contributed by atoms with Gasteiger partial charge in [0.05, 0.1) is 13.2 Å². The summed E-state index contributed by atoms with van der Waals surface area (Å²) in [6.45, 7) is 7.57. The maximum atomic E-state index is 13.0. The van der Waals surface area contributed by atoms with E-state index in [1.165, 1.54) is 12.1 Å². The maximum absolute atomic E-state index is 13.0. The molecule has 9 heteroatoms. The van der Waals surface area contributed by atoms with E-state index >= 15 is 0 Å². The number of benzene rings is 1. The molecule has 0 atom stereocenters. The summed E-state index contributed by atoms with van der Waals surface area (Å²) in [6.07, 6.45) is 3.97. The first-order valence-electron chi connectivity index (χ1n) is 11.5. The van der Waals surface area contributed by atoms with Crippen LogP contribution in [0.2, 0.25) is 0 Å². The van der Waals surface area contributed by atoms with Crippen LogP contribution < -0.4 is 14.2 Å². The van der Waals surface area contributed by atoms with Crippen LogP contribution >= 0.6 is 0 Å². The fraction of sp³-hybridized carbons (Fsp3) is 0.462. The molecule has 0 fully saturated rings. The maximum Gasteiger partial charge on any atom is 0.437 e. The molecule has 0 spiro atoms. The molecule has 0 saturated carbocycles. The van der Waals surface area contributed by atoms with Crippen LogP contribution in [-0.4, -0.2) is 43.8 Å². The summed E-state index contributed by atoms with van der Waals surface area (Å²) in [5.41, 5.74) is 0.764. The fourth-order valence-electron chi connectivity index (χ4n) is 3.34. The second kappa shape index (κ2) is 14.2. The number of oxime groups is 1. The third-order valence-electron chi connectivity index (χ3n) is 5.01. The molecule has 0 bridgehead atoms. The zero-order valence-electron chi connectivity index (χ0n) is 20.7. The van der Waals surface area contributed by atoms with Gasteiger partial charge >= 0.3 is 6.18 Å². The Bertz CT molecular complexity index is 951. The number of pyridine rings is 1. The SMILES string of the molecule is C/C=C/COc1cc(C)c(OCCCCCCOc2ccc(/C(=N/OC)C(F)(F)F)cn2)c(C)c1. The van der Waals surface area contributed by atoms with E-state index in [4.69, 9.17) is 14.2 Å². The molecule has 0 aliphatic carbocycles. The lowest BCUT2D eigenvalue weighted by molar-refractivity contribution is -0.0608. The second-order valence-electron chi connectivity index (χ2n) is 7.88. The molecule has 0 unspecified atom stereocenters. The number of ether oxygens (including phenoxy) is 3. The third kappa shape index (κ3) is 9.50. The van der Waals surface area contributed by atoms with Gasteiger partial charge in [0, 0.05) is 17.8 Å². The average Bonchev–Trinajstić information content (AvgIpc) is 2.80. The lowest BCUT2D eigenvalue weighted by Gasteiger charge is -2.14. The quantitative estimate of drug-likeness (QED) is 0.128. The summed E-state index contributed by atoms with van der Waals surface area (Å²) in [6, 6.07) is 6.62. The van der Waals surface area contributed by atoms with Gasteiger partial charge in [-0.15, -0.1) is 0 Å². The highest BCUT2D eigenvalue weighted by molar-refractivity contribution is 6.04. The normalized spacial score (nSPS) is 12.1. The van der Waals surface area contributed by atoms with Crippen molar-refractivity contribution in [3.05, 3.63) is 59.3 Å². The van der Waals surface area contributed by atoms with Crippen LogP contribution in [0.4, 0.5) is 13.2 Å². The van der Waals surface area contributed by atoms with E-state index in [0.717, 1.165) is 61.6 Å². The van der Waals surface area contributed by atoms with E-state index in [-0.39, 0.29) is 11.4 Å². The van der Waals surface area contributed by atoms with Gasteiger partial charge in [0.25, 0.3) is 0 Å². The Balaban J connectivity index is 1.67. The number of aryl methyl sites for hydroxylation is 2. The van der Waals surface area contributed by atoms with Crippen LogP contribution in [0.3, 0.4) is 0 Å². The molecule has 0 amide bonds. The summed E-state index contributed by atoms with van der Waals surface area (Å²) in [5, 5.41) is 3.05. The first kappa shape index (κ1) is 28.0. The zero-order chi connectivity index (χ0) is 25.7. The summed E-state index contributed by atoms with van der Waals surface area (Å²) < 4.78 is 56.2. The predicted octanol–water partition coefficient (Wildman–Crippen LogP) is 6.58. The molecule has 0 aliphatic rings. The van der Waals surface area contributed by atoms with Gasteiger partial charge in [0.15, 0.2) is 5.71 Å². The number of nitrogens with zero attached hydrogens (tertiary/aromatic N) is 2. The van der Waals surface area contributed by atoms with Gasteiger partial charge < -0.3 is 19.0 Å². The summed E-state index contributed by atoms with van der Waals surface area (Å²) >= 11 is 0.